The van der Waals surface area contributed by atoms with Crippen molar-refractivity contribution in [1.29, 1.82) is 0 Å². The fourth-order valence-corrected chi connectivity index (χ4v) is 1.80. The Hall–Kier alpha value is -2.17. The fourth-order valence-electron chi connectivity index (χ4n) is 1.80. The number of rotatable bonds is 1. The predicted octanol–water partition coefficient (Wildman–Crippen LogP) is 1.74. The highest BCUT2D eigenvalue weighted by atomic mass is 16.5. The molecule has 0 atom stereocenters. The molecule has 0 saturated heterocycles. The topological polar surface area (TPSA) is 72.3 Å². The molecular formula is C12H12N2O3. The van der Waals surface area contributed by atoms with Gasteiger partial charge in [0.25, 0.3) is 0 Å². The molecule has 0 fully saturated rings. The van der Waals surface area contributed by atoms with E-state index in [1.165, 1.54) is 13.2 Å². The minimum Gasteiger partial charge on any atom is -0.506 e. The average molecular weight is 232 g/mol. The van der Waals surface area contributed by atoms with E-state index in [9.17, 15) is 9.90 Å². The second kappa shape index (κ2) is 4.01. The number of fused-ring (bicyclic) bond motifs is 1. The first kappa shape index (κ1) is 11.3. The second-order valence-corrected chi connectivity index (χ2v) is 3.70. The molecule has 0 saturated carbocycles. The van der Waals surface area contributed by atoms with Crippen LogP contribution in [0.2, 0.25) is 0 Å². The lowest BCUT2D eigenvalue weighted by molar-refractivity contribution is 0.0598. The van der Waals surface area contributed by atoms with Crippen LogP contribution in [0.25, 0.3) is 10.9 Å². The van der Waals surface area contributed by atoms with E-state index in [-0.39, 0.29) is 11.3 Å². The number of esters is 1. The number of nitrogens with zero attached hydrogens (tertiary/aromatic N) is 2. The summed E-state index contributed by atoms with van der Waals surface area (Å²) in [6, 6.07) is 3.17. The molecule has 1 heterocycles. The molecule has 0 aliphatic rings. The lowest BCUT2D eigenvalue weighted by Crippen LogP contribution is -2.03. The zero-order chi connectivity index (χ0) is 12.6. The predicted molar refractivity (Wildman–Crippen MR) is 62.0 cm³/mol. The number of aromatic hydroxyl groups is 1. The summed E-state index contributed by atoms with van der Waals surface area (Å²) in [5, 5.41) is 10.5. The molecule has 0 radical (unpaired) electrons. The number of phenols is 1. The number of methoxy groups -OCH3 is 1. The Labute approximate surface area is 98.1 Å². The van der Waals surface area contributed by atoms with Crippen LogP contribution in [0.1, 0.15) is 21.9 Å². The number of phenolic OH excluding ortho intramolecular Hbond substituents is 1. The van der Waals surface area contributed by atoms with E-state index in [2.05, 4.69) is 14.7 Å². The largest absolute Gasteiger partial charge is 0.506 e. The minimum atomic E-state index is -0.579. The normalized spacial score (nSPS) is 10.5. The zero-order valence-electron chi connectivity index (χ0n) is 9.81. The van der Waals surface area contributed by atoms with Crippen LogP contribution in [0.5, 0.6) is 5.75 Å². The molecule has 5 nitrogen and oxygen atoms in total. The van der Waals surface area contributed by atoms with E-state index in [0.29, 0.717) is 22.4 Å². The van der Waals surface area contributed by atoms with Crippen molar-refractivity contribution in [3.05, 3.63) is 29.2 Å². The summed E-state index contributed by atoms with van der Waals surface area (Å²) in [5.74, 6) is -0.0866. The Balaban J connectivity index is 2.80. The molecular weight excluding hydrogens is 220 g/mol. The van der Waals surface area contributed by atoms with Gasteiger partial charge in [-0.05, 0) is 26.0 Å². The van der Waals surface area contributed by atoms with Gasteiger partial charge in [0.1, 0.15) is 17.1 Å². The van der Waals surface area contributed by atoms with Gasteiger partial charge in [-0.1, -0.05) is 0 Å². The van der Waals surface area contributed by atoms with Crippen molar-refractivity contribution >= 4 is 16.9 Å². The van der Waals surface area contributed by atoms with Crippen LogP contribution >= 0.6 is 0 Å². The van der Waals surface area contributed by atoms with Gasteiger partial charge in [-0.15, -0.1) is 0 Å². The van der Waals surface area contributed by atoms with Gasteiger partial charge in [0.05, 0.1) is 23.7 Å². The molecule has 5 heteroatoms. The standard InChI is InChI=1S/C12H12N2O3/c1-6-10-9(14-7(2)13-6)5-4-8(11(10)15)12(16)17-3/h4-5,15H,1-3H3. The van der Waals surface area contributed by atoms with E-state index < -0.39 is 5.97 Å². The molecule has 88 valence electrons. The summed E-state index contributed by atoms with van der Waals surface area (Å²) >= 11 is 0. The SMILES string of the molecule is COC(=O)c1ccc2nc(C)nc(C)c2c1O. The van der Waals surface area contributed by atoms with E-state index in [1.54, 1.807) is 19.9 Å². The third kappa shape index (κ3) is 1.80. The van der Waals surface area contributed by atoms with E-state index >= 15 is 0 Å². The van der Waals surface area contributed by atoms with Crippen LogP contribution in [0.3, 0.4) is 0 Å². The first-order valence-electron chi connectivity index (χ1n) is 5.10. The van der Waals surface area contributed by atoms with Crippen LogP contribution in [0.15, 0.2) is 12.1 Å². The maximum Gasteiger partial charge on any atom is 0.341 e. The number of benzene rings is 1. The molecule has 0 aliphatic carbocycles. The van der Waals surface area contributed by atoms with Gasteiger partial charge in [-0.2, -0.15) is 0 Å². The first-order chi connectivity index (χ1) is 8.04. The van der Waals surface area contributed by atoms with Gasteiger partial charge in [0.15, 0.2) is 0 Å². The number of aromatic nitrogens is 2. The van der Waals surface area contributed by atoms with Crippen molar-refractivity contribution in [2.75, 3.05) is 7.11 Å². The molecule has 1 aromatic heterocycles. The quantitative estimate of drug-likeness (QED) is 0.758. The highest BCUT2D eigenvalue weighted by Gasteiger charge is 2.16. The van der Waals surface area contributed by atoms with E-state index in [1.807, 2.05) is 0 Å². The first-order valence-corrected chi connectivity index (χ1v) is 5.10. The second-order valence-electron chi connectivity index (χ2n) is 3.70. The maximum atomic E-state index is 11.4. The summed E-state index contributed by atoms with van der Waals surface area (Å²) in [4.78, 5) is 19.8. The zero-order valence-corrected chi connectivity index (χ0v) is 9.81. The number of ether oxygens (including phenoxy) is 1. The molecule has 1 aromatic carbocycles. The number of hydrogen-bond acceptors (Lipinski definition) is 5. The van der Waals surface area contributed by atoms with Crippen LogP contribution in [-0.4, -0.2) is 28.2 Å². The van der Waals surface area contributed by atoms with Crippen LogP contribution < -0.4 is 0 Å². The lowest BCUT2D eigenvalue weighted by Gasteiger charge is -2.08. The molecule has 0 bridgehead atoms. The van der Waals surface area contributed by atoms with Crippen molar-refractivity contribution in [2.24, 2.45) is 0 Å². The summed E-state index contributed by atoms with van der Waals surface area (Å²) in [7, 11) is 1.27. The third-order valence-electron chi connectivity index (χ3n) is 2.53. The van der Waals surface area contributed by atoms with Crippen LogP contribution in [0.4, 0.5) is 0 Å². The Morgan fingerprint density at radius 2 is 2.00 bits per heavy atom. The van der Waals surface area contributed by atoms with Crippen LogP contribution in [-0.2, 0) is 4.74 Å². The highest BCUT2D eigenvalue weighted by molar-refractivity contribution is 6.00. The number of aryl methyl sites for hydroxylation is 2. The highest BCUT2D eigenvalue weighted by Crippen LogP contribution is 2.30. The molecule has 0 aliphatic heterocycles. The number of carbonyl (C=O) groups excluding carboxylic acids is 1. The molecule has 0 unspecified atom stereocenters. The van der Waals surface area contributed by atoms with Gasteiger partial charge in [0.2, 0.25) is 0 Å². The van der Waals surface area contributed by atoms with Gasteiger partial charge in [-0.3, -0.25) is 0 Å². The Morgan fingerprint density at radius 1 is 1.29 bits per heavy atom. The van der Waals surface area contributed by atoms with Crippen molar-refractivity contribution in [3.8, 4) is 5.75 Å². The average Bonchev–Trinajstić information content (AvgIpc) is 2.27. The monoisotopic (exact) mass is 232 g/mol. The molecule has 0 spiro atoms. The molecule has 1 N–H and O–H groups in total. The Morgan fingerprint density at radius 3 is 2.65 bits per heavy atom. The number of carbonyl (C=O) groups is 1. The van der Waals surface area contributed by atoms with Crippen molar-refractivity contribution < 1.29 is 14.6 Å². The van der Waals surface area contributed by atoms with Gasteiger partial charge in [-0.25, -0.2) is 14.8 Å². The van der Waals surface area contributed by atoms with Gasteiger partial charge in [0, 0.05) is 0 Å². The summed E-state index contributed by atoms with van der Waals surface area (Å²) < 4.78 is 4.59. The van der Waals surface area contributed by atoms with E-state index in [4.69, 9.17) is 0 Å². The van der Waals surface area contributed by atoms with Crippen molar-refractivity contribution in [3.63, 3.8) is 0 Å². The van der Waals surface area contributed by atoms with Crippen molar-refractivity contribution in [1.82, 2.24) is 9.97 Å². The fraction of sp³-hybridized carbons (Fsp3) is 0.250. The molecule has 2 rings (SSSR count). The molecule has 17 heavy (non-hydrogen) atoms. The van der Waals surface area contributed by atoms with Gasteiger partial charge < -0.3 is 9.84 Å². The molecule has 2 aromatic rings. The van der Waals surface area contributed by atoms with Crippen LogP contribution in [0, 0.1) is 13.8 Å². The Kier molecular flexibility index (Phi) is 2.67. The smallest absolute Gasteiger partial charge is 0.341 e. The van der Waals surface area contributed by atoms with Gasteiger partial charge >= 0.3 is 5.97 Å². The third-order valence-corrected chi connectivity index (χ3v) is 2.53. The summed E-state index contributed by atoms with van der Waals surface area (Å²) in [6.07, 6.45) is 0. The summed E-state index contributed by atoms with van der Waals surface area (Å²) in [6.45, 7) is 3.54. The maximum absolute atomic E-state index is 11.4. The number of hydrogen-bond donors (Lipinski definition) is 1. The molecule has 0 amide bonds. The van der Waals surface area contributed by atoms with Crippen molar-refractivity contribution in [2.45, 2.75) is 13.8 Å². The Bertz CT molecular complexity index is 608. The van der Waals surface area contributed by atoms with E-state index in [0.717, 1.165) is 0 Å². The summed E-state index contributed by atoms with van der Waals surface area (Å²) in [5.41, 5.74) is 1.37. The lowest BCUT2D eigenvalue weighted by atomic mass is 10.1. The minimum absolute atomic E-state index is 0.121.